The van der Waals surface area contributed by atoms with Crippen molar-refractivity contribution < 1.29 is 4.79 Å². The highest BCUT2D eigenvalue weighted by molar-refractivity contribution is 5.52. The molecule has 2 rings (SSSR count). The summed E-state index contributed by atoms with van der Waals surface area (Å²) in [5, 5.41) is 6.76. The van der Waals surface area contributed by atoms with E-state index in [0.29, 0.717) is 18.7 Å². The van der Waals surface area contributed by atoms with Crippen molar-refractivity contribution in [1.82, 2.24) is 9.88 Å². The molecule has 0 spiro atoms. The van der Waals surface area contributed by atoms with Gasteiger partial charge in [-0.3, -0.25) is 4.79 Å². The van der Waals surface area contributed by atoms with E-state index < -0.39 is 0 Å². The lowest BCUT2D eigenvalue weighted by atomic mass is 10.1. The summed E-state index contributed by atoms with van der Waals surface area (Å²) >= 11 is 0. The molecule has 0 bridgehead atoms. The van der Waals surface area contributed by atoms with Gasteiger partial charge in [0.15, 0.2) is 0 Å². The van der Waals surface area contributed by atoms with E-state index in [1.54, 1.807) is 11.1 Å². The number of nitrogens with one attached hydrogen (secondary N) is 2. The molecule has 1 aromatic heterocycles. The van der Waals surface area contributed by atoms with Crippen molar-refractivity contribution in [3.05, 3.63) is 35.3 Å². The predicted octanol–water partition coefficient (Wildman–Crippen LogP) is 2.30. The van der Waals surface area contributed by atoms with Crippen molar-refractivity contribution in [2.75, 3.05) is 11.9 Å². The number of nitrogens with zero attached hydrogens (tertiary/aromatic N) is 3. The van der Waals surface area contributed by atoms with Gasteiger partial charge in [-0.2, -0.15) is 5.11 Å². The Morgan fingerprint density at radius 2 is 2.37 bits per heavy atom. The summed E-state index contributed by atoms with van der Waals surface area (Å²) < 4.78 is 0. The summed E-state index contributed by atoms with van der Waals surface area (Å²) in [5.41, 5.74) is 9.82. The molecular weight excluding hydrogens is 242 g/mol. The number of aryl methyl sites for hydroxylation is 1. The van der Waals surface area contributed by atoms with Gasteiger partial charge in [0, 0.05) is 24.9 Å². The lowest BCUT2D eigenvalue weighted by molar-refractivity contribution is -0.119. The minimum atomic E-state index is -0.184. The van der Waals surface area contributed by atoms with Crippen LogP contribution in [0.4, 0.5) is 5.82 Å². The standard InChI is InChI=1S/C13H17N5O/c1-9-3-4-12(15-7-9)16-11-5-6-18(8-19)10(2)13(11)17-14/h3-4,7-8,10,14H,5-6H2,1-2H3,(H,15,16). The molecule has 6 heteroatoms. The van der Waals surface area contributed by atoms with E-state index in [1.165, 1.54) is 0 Å². The lowest BCUT2D eigenvalue weighted by Gasteiger charge is -2.31. The van der Waals surface area contributed by atoms with Crippen molar-refractivity contribution in [1.29, 1.82) is 5.53 Å². The van der Waals surface area contributed by atoms with Crippen molar-refractivity contribution in [2.24, 2.45) is 5.11 Å². The van der Waals surface area contributed by atoms with Crippen molar-refractivity contribution in [2.45, 2.75) is 26.3 Å². The zero-order valence-electron chi connectivity index (χ0n) is 11.1. The molecule has 1 aliphatic heterocycles. The molecule has 19 heavy (non-hydrogen) atoms. The Balaban J connectivity index is 2.24. The Bertz CT molecular complexity index is 508. The van der Waals surface area contributed by atoms with Crippen LogP contribution in [-0.4, -0.2) is 28.9 Å². The fourth-order valence-electron chi connectivity index (χ4n) is 2.10. The van der Waals surface area contributed by atoms with Gasteiger partial charge in [-0.1, -0.05) is 6.07 Å². The van der Waals surface area contributed by atoms with Crippen molar-refractivity contribution in [3.8, 4) is 0 Å². The van der Waals surface area contributed by atoms with Crippen LogP contribution >= 0.6 is 0 Å². The van der Waals surface area contributed by atoms with Crippen LogP contribution in [-0.2, 0) is 4.79 Å². The molecule has 1 unspecified atom stereocenters. The number of hydrogen-bond donors (Lipinski definition) is 2. The van der Waals surface area contributed by atoms with Crippen LogP contribution in [0.3, 0.4) is 0 Å². The minimum Gasteiger partial charge on any atom is -0.342 e. The van der Waals surface area contributed by atoms with Gasteiger partial charge in [0.2, 0.25) is 6.41 Å². The molecule has 1 atom stereocenters. The molecule has 0 fully saturated rings. The number of carbonyl (C=O) groups excluding carboxylic acids is 1. The first-order valence-electron chi connectivity index (χ1n) is 6.17. The van der Waals surface area contributed by atoms with Crippen LogP contribution in [0, 0.1) is 12.5 Å². The van der Waals surface area contributed by atoms with Gasteiger partial charge in [0.25, 0.3) is 0 Å². The van der Waals surface area contributed by atoms with Crippen LogP contribution in [0.2, 0.25) is 0 Å². The average Bonchev–Trinajstić information content (AvgIpc) is 2.42. The lowest BCUT2D eigenvalue weighted by Crippen LogP contribution is -2.39. The Morgan fingerprint density at radius 1 is 1.58 bits per heavy atom. The maximum atomic E-state index is 10.9. The largest absolute Gasteiger partial charge is 0.342 e. The summed E-state index contributed by atoms with van der Waals surface area (Å²) in [4.78, 5) is 16.8. The van der Waals surface area contributed by atoms with E-state index in [1.807, 2.05) is 26.0 Å². The van der Waals surface area contributed by atoms with E-state index in [0.717, 1.165) is 23.5 Å². The molecule has 0 saturated carbocycles. The number of amides is 1. The highest BCUT2D eigenvalue weighted by atomic mass is 16.1. The number of hydrogen-bond acceptors (Lipinski definition) is 5. The molecule has 0 aliphatic carbocycles. The third-order valence-electron chi connectivity index (χ3n) is 3.27. The quantitative estimate of drug-likeness (QED) is 0.643. The monoisotopic (exact) mass is 259 g/mol. The summed E-state index contributed by atoms with van der Waals surface area (Å²) in [5.74, 6) is 0.730. The molecule has 2 heterocycles. The predicted molar refractivity (Wildman–Crippen MR) is 71.6 cm³/mol. The molecule has 1 aromatic rings. The van der Waals surface area contributed by atoms with E-state index in [2.05, 4.69) is 15.4 Å². The zero-order valence-corrected chi connectivity index (χ0v) is 11.1. The second-order valence-electron chi connectivity index (χ2n) is 4.59. The molecule has 2 N–H and O–H groups in total. The van der Waals surface area contributed by atoms with Crippen LogP contribution in [0.5, 0.6) is 0 Å². The molecular formula is C13H17N5O. The third-order valence-corrected chi connectivity index (χ3v) is 3.27. The number of anilines is 1. The van der Waals surface area contributed by atoms with Gasteiger partial charge in [-0.05, 0) is 25.5 Å². The number of rotatable bonds is 4. The van der Waals surface area contributed by atoms with Gasteiger partial charge in [0.05, 0.1) is 6.04 Å². The Morgan fingerprint density at radius 3 is 2.95 bits per heavy atom. The molecule has 100 valence electrons. The molecule has 6 nitrogen and oxygen atoms in total. The number of aromatic nitrogens is 1. The zero-order chi connectivity index (χ0) is 13.8. The second kappa shape index (κ2) is 5.60. The fraction of sp³-hybridized carbons (Fsp3) is 0.385. The van der Waals surface area contributed by atoms with Gasteiger partial charge >= 0.3 is 0 Å². The average molecular weight is 259 g/mol. The summed E-state index contributed by atoms with van der Waals surface area (Å²) in [7, 11) is 0. The van der Waals surface area contributed by atoms with Gasteiger partial charge in [-0.25, -0.2) is 10.5 Å². The first kappa shape index (κ1) is 13.2. The molecule has 0 aromatic carbocycles. The van der Waals surface area contributed by atoms with Crippen LogP contribution in [0.1, 0.15) is 18.9 Å². The van der Waals surface area contributed by atoms with E-state index >= 15 is 0 Å². The molecule has 1 amide bonds. The summed E-state index contributed by atoms with van der Waals surface area (Å²) in [6.07, 6.45) is 3.23. The molecule has 0 radical (unpaired) electrons. The highest BCUT2D eigenvalue weighted by Gasteiger charge is 2.25. The normalized spacial score (nSPS) is 19.3. The fourth-order valence-corrected chi connectivity index (χ4v) is 2.10. The van der Waals surface area contributed by atoms with Crippen LogP contribution in [0.25, 0.3) is 0 Å². The Kier molecular flexibility index (Phi) is 3.89. The van der Waals surface area contributed by atoms with E-state index in [4.69, 9.17) is 5.53 Å². The Hall–Kier alpha value is -2.24. The second-order valence-corrected chi connectivity index (χ2v) is 4.59. The first-order valence-corrected chi connectivity index (χ1v) is 6.17. The third kappa shape index (κ3) is 2.78. The summed E-state index contributed by atoms with van der Waals surface area (Å²) in [6, 6.07) is 3.68. The number of pyridine rings is 1. The topological polar surface area (TPSA) is 81.4 Å². The first-order chi connectivity index (χ1) is 9.15. The maximum Gasteiger partial charge on any atom is 0.210 e. The SMILES string of the molecule is Cc1ccc(NC2=C(N=N)C(C)N(C=O)CC2)nc1. The number of carbonyl (C=O) groups is 1. The van der Waals surface area contributed by atoms with Crippen LogP contribution < -0.4 is 5.32 Å². The van der Waals surface area contributed by atoms with E-state index in [9.17, 15) is 4.79 Å². The van der Waals surface area contributed by atoms with Crippen LogP contribution in [0.15, 0.2) is 34.8 Å². The molecule has 0 saturated heterocycles. The van der Waals surface area contributed by atoms with Gasteiger partial charge in [0.1, 0.15) is 11.5 Å². The van der Waals surface area contributed by atoms with Crippen molar-refractivity contribution in [3.63, 3.8) is 0 Å². The summed E-state index contributed by atoms with van der Waals surface area (Å²) in [6.45, 7) is 4.47. The maximum absolute atomic E-state index is 10.9. The Labute approximate surface area is 112 Å². The minimum absolute atomic E-state index is 0.184. The van der Waals surface area contributed by atoms with Crippen molar-refractivity contribution >= 4 is 12.2 Å². The van der Waals surface area contributed by atoms with Gasteiger partial charge < -0.3 is 10.2 Å². The molecule has 1 aliphatic rings. The highest BCUT2D eigenvalue weighted by Crippen LogP contribution is 2.24. The van der Waals surface area contributed by atoms with Gasteiger partial charge in [-0.15, -0.1) is 0 Å². The smallest absolute Gasteiger partial charge is 0.210 e. The van der Waals surface area contributed by atoms with E-state index in [-0.39, 0.29) is 6.04 Å².